The van der Waals surface area contributed by atoms with Gasteiger partial charge in [-0.25, -0.2) is 9.97 Å². The van der Waals surface area contributed by atoms with Gasteiger partial charge in [0, 0.05) is 11.8 Å². The first-order valence-electron chi connectivity index (χ1n) is 5.75. The number of benzene rings is 1. The second-order valence-electron chi connectivity index (χ2n) is 4.53. The lowest BCUT2D eigenvalue weighted by Gasteiger charge is -2.10. The molecule has 2 N–H and O–H groups in total. The van der Waals surface area contributed by atoms with E-state index in [0.29, 0.717) is 0 Å². The first kappa shape index (κ1) is 9.53. The minimum Gasteiger partial charge on any atom is -0.363 e. The van der Waals surface area contributed by atoms with Crippen LogP contribution in [-0.2, 0) is 6.42 Å². The van der Waals surface area contributed by atoms with E-state index in [2.05, 4.69) is 22.1 Å². The molecule has 1 aromatic carbocycles. The molecule has 4 heteroatoms. The molecule has 1 amide bonds. The van der Waals surface area contributed by atoms with Crippen LogP contribution < -0.4 is 5.73 Å². The fourth-order valence-corrected chi connectivity index (χ4v) is 2.55. The van der Waals surface area contributed by atoms with Crippen molar-refractivity contribution in [3.63, 3.8) is 0 Å². The quantitative estimate of drug-likeness (QED) is 0.546. The lowest BCUT2D eigenvalue weighted by atomic mass is 9.94. The zero-order valence-corrected chi connectivity index (χ0v) is 9.47. The fourth-order valence-electron chi connectivity index (χ4n) is 2.55. The van der Waals surface area contributed by atoms with Crippen molar-refractivity contribution in [3.8, 4) is 11.4 Å². The van der Waals surface area contributed by atoms with E-state index in [1.54, 1.807) is 0 Å². The monoisotopic (exact) mass is 235 g/mol. The van der Waals surface area contributed by atoms with Crippen molar-refractivity contribution >= 4 is 16.7 Å². The van der Waals surface area contributed by atoms with Gasteiger partial charge in [-0.1, -0.05) is 30.3 Å². The van der Waals surface area contributed by atoms with Gasteiger partial charge in [-0.05, 0) is 16.5 Å². The summed E-state index contributed by atoms with van der Waals surface area (Å²) in [5.41, 5.74) is 9.28. The molecule has 0 radical (unpaired) electrons. The number of carbonyl (C=O) groups excluding carboxylic acids is 1. The number of carbonyl (C=O) groups is 1. The molecule has 0 aromatic heterocycles. The lowest BCUT2D eigenvalue weighted by Crippen LogP contribution is -2.12. The first-order chi connectivity index (χ1) is 8.74. The Morgan fingerprint density at radius 1 is 1.06 bits per heavy atom. The molecule has 0 fully saturated rings. The Hall–Kier alpha value is -2.49. The predicted molar refractivity (Wildman–Crippen MR) is 67.5 cm³/mol. The van der Waals surface area contributed by atoms with Crippen molar-refractivity contribution in [2.75, 3.05) is 0 Å². The Labute approximate surface area is 103 Å². The third-order valence-corrected chi connectivity index (χ3v) is 3.44. The van der Waals surface area contributed by atoms with E-state index in [0.717, 1.165) is 28.8 Å². The molecular formula is C14H9N3O. The number of aromatic nitrogens is 2. The highest BCUT2D eigenvalue weighted by molar-refractivity contribution is 6.01. The fraction of sp³-hybridized carbons (Fsp3) is 0.0714. The molecule has 5 rings (SSSR count). The molecule has 0 atom stereocenters. The van der Waals surface area contributed by atoms with E-state index in [1.165, 1.54) is 10.9 Å². The van der Waals surface area contributed by atoms with Crippen LogP contribution in [0.2, 0.25) is 0 Å². The van der Waals surface area contributed by atoms with Gasteiger partial charge in [0.2, 0.25) is 5.82 Å². The van der Waals surface area contributed by atoms with Crippen LogP contribution in [0.1, 0.15) is 21.7 Å². The molecule has 4 nitrogen and oxygen atoms in total. The zero-order valence-electron chi connectivity index (χ0n) is 9.47. The number of hydrogen-bond donors (Lipinski definition) is 1. The van der Waals surface area contributed by atoms with Crippen molar-refractivity contribution in [1.82, 2.24) is 9.97 Å². The zero-order chi connectivity index (χ0) is 12.3. The van der Waals surface area contributed by atoms with Gasteiger partial charge in [0.25, 0.3) is 5.91 Å². The summed E-state index contributed by atoms with van der Waals surface area (Å²) in [6, 6.07) is 10.2. The molecule has 0 spiro atoms. The van der Waals surface area contributed by atoms with E-state index in [4.69, 9.17) is 5.73 Å². The van der Waals surface area contributed by atoms with Crippen LogP contribution in [0.25, 0.3) is 22.2 Å². The maximum Gasteiger partial charge on any atom is 0.286 e. The number of hydrogen-bond acceptors (Lipinski definition) is 3. The van der Waals surface area contributed by atoms with Gasteiger partial charge in [-0.2, -0.15) is 0 Å². The van der Waals surface area contributed by atoms with E-state index >= 15 is 0 Å². The van der Waals surface area contributed by atoms with Gasteiger partial charge < -0.3 is 5.73 Å². The van der Waals surface area contributed by atoms with Gasteiger partial charge >= 0.3 is 0 Å². The van der Waals surface area contributed by atoms with E-state index in [-0.39, 0.29) is 5.82 Å². The summed E-state index contributed by atoms with van der Waals surface area (Å²) in [6.07, 6.45) is 0.890. The Balaban J connectivity index is 2.21. The van der Waals surface area contributed by atoms with Crippen molar-refractivity contribution in [2.45, 2.75) is 6.42 Å². The highest BCUT2D eigenvalue weighted by Crippen LogP contribution is 2.39. The molecule has 0 saturated carbocycles. The van der Waals surface area contributed by atoms with Crippen LogP contribution in [-0.4, -0.2) is 15.9 Å². The largest absolute Gasteiger partial charge is 0.363 e. The van der Waals surface area contributed by atoms with Gasteiger partial charge in [0.15, 0.2) is 0 Å². The summed E-state index contributed by atoms with van der Waals surface area (Å²) in [5.74, 6) is -0.476. The highest BCUT2D eigenvalue weighted by atomic mass is 16.1. The Kier molecular flexibility index (Phi) is 1.61. The highest BCUT2D eigenvalue weighted by Gasteiger charge is 2.25. The topological polar surface area (TPSA) is 68.9 Å². The Morgan fingerprint density at radius 3 is 2.44 bits per heavy atom. The second kappa shape index (κ2) is 3.04. The minimum atomic E-state index is -0.579. The van der Waals surface area contributed by atoms with E-state index < -0.39 is 5.91 Å². The van der Waals surface area contributed by atoms with Gasteiger partial charge in [0.05, 0.1) is 11.4 Å². The number of rotatable bonds is 1. The molecule has 0 saturated heterocycles. The molecule has 1 aromatic rings. The smallest absolute Gasteiger partial charge is 0.286 e. The van der Waals surface area contributed by atoms with Crippen LogP contribution in [0.15, 0.2) is 30.3 Å². The summed E-state index contributed by atoms with van der Waals surface area (Å²) in [4.78, 5) is 19.8. The molecule has 4 aliphatic rings. The van der Waals surface area contributed by atoms with E-state index in [1.807, 2.05) is 18.2 Å². The summed E-state index contributed by atoms with van der Waals surface area (Å²) in [5, 5.41) is 2.21. The summed E-state index contributed by atoms with van der Waals surface area (Å²) < 4.78 is 0. The molecule has 0 unspecified atom stereocenters. The second-order valence-corrected chi connectivity index (χ2v) is 4.53. The lowest BCUT2D eigenvalue weighted by molar-refractivity contribution is 0.0991. The average molecular weight is 235 g/mol. The molecular weight excluding hydrogens is 226 g/mol. The molecule has 3 aliphatic carbocycles. The maximum atomic E-state index is 11.2. The molecule has 1 aliphatic heterocycles. The number of primary amides is 1. The van der Waals surface area contributed by atoms with Gasteiger partial charge in [0.1, 0.15) is 0 Å². The predicted octanol–water partition coefficient (Wildman–Crippen LogP) is 1.74. The molecule has 18 heavy (non-hydrogen) atoms. The van der Waals surface area contributed by atoms with Crippen LogP contribution in [0, 0.1) is 0 Å². The van der Waals surface area contributed by atoms with E-state index in [9.17, 15) is 4.79 Å². The van der Waals surface area contributed by atoms with Crippen molar-refractivity contribution in [2.24, 2.45) is 5.73 Å². The number of imidazole rings is 1. The third-order valence-electron chi connectivity index (χ3n) is 3.44. The molecule has 86 valence electrons. The normalized spacial score (nSPS) is 12.7. The van der Waals surface area contributed by atoms with Crippen molar-refractivity contribution in [1.29, 1.82) is 0 Å². The van der Waals surface area contributed by atoms with Crippen LogP contribution in [0.4, 0.5) is 0 Å². The van der Waals surface area contributed by atoms with Crippen LogP contribution in [0.3, 0.4) is 0 Å². The molecule has 2 bridgehead atoms. The first-order valence-corrected chi connectivity index (χ1v) is 5.75. The average Bonchev–Trinajstić information content (AvgIpc) is 2.64. The van der Waals surface area contributed by atoms with Crippen LogP contribution in [0.5, 0.6) is 0 Å². The summed E-state index contributed by atoms with van der Waals surface area (Å²) in [6.45, 7) is 0. The molecule has 1 heterocycles. The standard InChI is InChI=1S/C14H9N3O/c15-13(18)14-16-11-8-5-7(6-8)9-3-1-2-4-10(9)12(11)17-14/h1-5H,6H2,(H2,15,18). The minimum absolute atomic E-state index is 0.103. The number of amides is 1. The maximum absolute atomic E-state index is 11.2. The Bertz CT molecular complexity index is 795. The number of nitrogens with zero attached hydrogens (tertiary/aromatic N) is 2. The van der Waals surface area contributed by atoms with Crippen molar-refractivity contribution < 1.29 is 4.79 Å². The Morgan fingerprint density at radius 2 is 1.72 bits per heavy atom. The van der Waals surface area contributed by atoms with Crippen molar-refractivity contribution in [3.05, 3.63) is 47.3 Å². The van der Waals surface area contributed by atoms with Gasteiger partial charge in [-0.15, -0.1) is 0 Å². The summed E-state index contributed by atoms with van der Waals surface area (Å²) in [7, 11) is 0. The SMILES string of the molecule is NC(=O)c1nc2c3cc(c4ccccc4c-2n1)C3. The number of nitrogens with two attached hydrogens (primary N) is 1. The summed E-state index contributed by atoms with van der Waals surface area (Å²) >= 11 is 0. The van der Waals surface area contributed by atoms with Crippen LogP contribution >= 0.6 is 0 Å². The van der Waals surface area contributed by atoms with Gasteiger partial charge in [-0.3, -0.25) is 4.79 Å². The third kappa shape index (κ3) is 1.07.